The van der Waals surface area contributed by atoms with E-state index in [0.29, 0.717) is 12.3 Å². The first kappa shape index (κ1) is 10.7. The molecule has 3 N–H and O–H groups in total. The highest BCUT2D eigenvalue weighted by Crippen LogP contribution is 2.33. The maximum Gasteiger partial charge on any atom is 0.171 e. The molecule has 90 valence electrons. The summed E-state index contributed by atoms with van der Waals surface area (Å²) < 4.78 is 7.07. The molecule has 0 bridgehead atoms. The zero-order valence-corrected chi connectivity index (χ0v) is 10.6. The molecule has 0 fully saturated rings. The first-order valence-corrected chi connectivity index (χ1v) is 6.25. The van der Waals surface area contributed by atoms with Crippen LogP contribution in [0.3, 0.4) is 0 Å². The Morgan fingerprint density at radius 3 is 3.12 bits per heavy atom. The number of fused-ring (bicyclic) bond motifs is 2. The number of hydrogen-bond acceptors (Lipinski definition) is 5. The lowest BCUT2D eigenvalue weighted by Crippen LogP contribution is -2.32. The molecule has 0 aromatic heterocycles. The fourth-order valence-corrected chi connectivity index (χ4v) is 3.05. The van der Waals surface area contributed by atoms with Gasteiger partial charge in [-0.05, 0) is 13.8 Å². The Hall–Kier alpha value is -1.40. The normalized spacial score (nSPS) is 18.2. The highest BCUT2D eigenvalue weighted by molar-refractivity contribution is 7.15. The van der Waals surface area contributed by atoms with Crippen LogP contribution >= 0.6 is 11.3 Å². The molecule has 0 aliphatic carbocycles. The summed E-state index contributed by atoms with van der Waals surface area (Å²) in [5.74, 6) is 5.67. The third-order valence-electron chi connectivity index (χ3n) is 2.96. The maximum atomic E-state index is 7.84. The summed E-state index contributed by atoms with van der Waals surface area (Å²) in [4.78, 5) is 6.66. The van der Waals surface area contributed by atoms with Gasteiger partial charge in [-0.2, -0.15) is 0 Å². The SMILES string of the molecule is CC1(C)Cc2nc3c(=N)n(N)cc-3sc2CO1. The number of nitrogen functional groups attached to an aromatic ring is 1. The summed E-state index contributed by atoms with van der Waals surface area (Å²) in [6.07, 6.45) is 2.53. The molecule has 0 radical (unpaired) electrons. The second kappa shape index (κ2) is 3.30. The van der Waals surface area contributed by atoms with E-state index in [0.717, 1.165) is 21.9 Å². The van der Waals surface area contributed by atoms with Crippen molar-refractivity contribution in [3.8, 4) is 10.6 Å². The lowest BCUT2D eigenvalue weighted by atomic mass is 9.99. The van der Waals surface area contributed by atoms with Gasteiger partial charge in [0.2, 0.25) is 0 Å². The smallest absolute Gasteiger partial charge is 0.171 e. The van der Waals surface area contributed by atoms with Crippen LogP contribution in [0.4, 0.5) is 0 Å². The maximum absolute atomic E-state index is 7.84. The lowest BCUT2D eigenvalue weighted by Gasteiger charge is -2.30. The molecule has 3 aliphatic rings. The molecular weight excluding hydrogens is 236 g/mol. The van der Waals surface area contributed by atoms with E-state index in [1.165, 1.54) is 4.68 Å². The van der Waals surface area contributed by atoms with E-state index in [1.54, 1.807) is 17.5 Å². The molecule has 0 unspecified atom stereocenters. The van der Waals surface area contributed by atoms with Gasteiger partial charge in [-0.25, -0.2) is 9.66 Å². The van der Waals surface area contributed by atoms with Gasteiger partial charge in [0.05, 0.1) is 27.7 Å². The Balaban J connectivity index is 2.22. The number of rotatable bonds is 0. The van der Waals surface area contributed by atoms with E-state index >= 15 is 0 Å². The topological polar surface area (TPSA) is 76.9 Å². The van der Waals surface area contributed by atoms with Gasteiger partial charge in [-0.15, -0.1) is 11.3 Å². The predicted octanol–water partition coefficient (Wildman–Crippen LogP) is 1.09. The van der Waals surface area contributed by atoms with Gasteiger partial charge in [0.15, 0.2) is 5.49 Å². The highest BCUT2D eigenvalue weighted by Gasteiger charge is 2.29. The molecule has 0 amide bonds. The Morgan fingerprint density at radius 1 is 1.59 bits per heavy atom. The van der Waals surface area contributed by atoms with Crippen molar-refractivity contribution in [2.24, 2.45) is 0 Å². The second-order valence-corrected chi connectivity index (χ2v) is 6.04. The molecule has 0 saturated heterocycles. The zero-order valence-electron chi connectivity index (χ0n) is 9.78. The zero-order chi connectivity index (χ0) is 12.2. The largest absolute Gasteiger partial charge is 0.370 e. The van der Waals surface area contributed by atoms with Gasteiger partial charge in [0.1, 0.15) is 5.69 Å². The summed E-state index contributed by atoms with van der Waals surface area (Å²) >= 11 is 1.62. The molecule has 3 rings (SSSR count). The summed E-state index contributed by atoms with van der Waals surface area (Å²) in [6.45, 7) is 4.71. The molecule has 5 nitrogen and oxygen atoms in total. The minimum atomic E-state index is -0.173. The predicted molar refractivity (Wildman–Crippen MR) is 65.3 cm³/mol. The number of nitrogens with zero attached hydrogens (tertiary/aromatic N) is 2. The Bertz CT molecular complexity index is 613. The van der Waals surface area contributed by atoms with E-state index in [9.17, 15) is 0 Å². The molecule has 0 spiro atoms. The van der Waals surface area contributed by atoms with Crippen LogP contribution in [0.25, 0.3) is 10.6 Å². The minimum absolute atomic E-state index is 0.173. The lowest BCUT2D eigenvalue weighted by molar-refractivity contribution is -0.0395. The van der Waals surface area contributed by atoms with Crippen LogP contribution in [-0.4, -0.2) is 15.3 Å². The first-order valence-electron chi connectivity index (χ1n) is 5.44. The van der Waals surface area contributed by atoms with Crippen LogP contribution in [0, 0.1) is 5.41 Å². The van der Waals surface area contributed by atoms with Gasteiger partial charge in [0, 0.05) is 12.6 Å². The van der Waals surface area contributed by atoms with Gasteiger partial charge < -0.3 is 10.6 Å². The average molecular weight is 250 g/mol. The van der Waals surface area contributed by atoms with Crippen LogP contribution in [-0.2, 0) is 17.8 Å². The molecule has 3 aliphatic heterocycles. The number of nitrogens with two attached hydrogens (primary N) is 1. The third kappa shape index (κ3) is 1.64. The Labute approximate surface area is 103 Å². The summed E-state index contributed by atoms with van der Waals surface area (Å²) in [6, 6.07) is 0. The molecule has 0 saturated carbocycles. The van der Waals surface area contributed by atoms with Crippen molar-refractivity contribution in [1.82, 2.24) is 9.66 Å². The van der Waals surface area contributed by atoms with Crippen molar-refractivity contribution in [2.45, 2.75) is 32.5 Å². The van der Waals surface area contributed by atoms with Crippen LogP contribution in [0.15, 0.2) is 6.20 Å². The minimum Gasteiger partial charge on any atom is -0.370 e. The number of ether oxygens (including phenoxy) is 1. The molecular formula is C11H14N4OS. The van der Waals surface area contributed by atoms with Crippen LogP contribution < -0.4 is 11.3 Å². The summed E-state index contributed by atoms with van der Waals surface area (Å²) in [5.41, 5.74) is 1.82. The third-order valence-corrected chi connectivity index (χ3v) is 4.08. The molecule has 0 aromatic carbocycles. The monoisotopic (exact) mass is 250 g/mol. The van der Waals surface area contributed by atoms with Crippen molar-refractivity contribution >= 4 is 11.3 Å². The standard InChI is InChI=1S/C11H14N4OS/c1-11(2)3-6-8(5-16-11)17-7-4-15(13)10(12)9(7)14-6/h4,12H,3,5,13H2,1-2H3. The van der Waals surface area contributed by atoms with Crippen LogP contribution in [0.1, 0.15) is 24.4 Å². The molecule has 0 aromatic rings. The van der Waals surface area contributed by atoms with Crippen molar-refractivity contribution in [3.63, 3.8) is 0 Å². The van der Waals surface area contributed by atoms with Crippen LogP contribution in [0.5, 0.6) is 0 Å². The van der Waals surface area contributed by atoms with Gasteiger partial charge in [0.25, 0.3) is 0 Å². The van der Waals surface area contributed by atoms with Crippen molar-refractivity contribution in [3.05, 3.63) is 22.3 Å². The molecule has 3 heterocycles. The van der Waals surface area contributed by atoms with E-state index in [4.69, 9.17) is 16.0 Å². The fourth-order valence-electron chi connectivity index (χ4n) is 2.03. The Morgan fingerprint density at radius 2 is 2.35 bits per heavy atom. The van der Waals surface area contributed by atoms with Crippen molar-refractivity contribution < 1.29 is 4.74 Å². The van der Waals surface area contributed by atoms with Gasteiger partial charge in [-0.1, -0.05) is 0 Å². The van der Waals surface area contributed by atoms with E-state index in [-0.39, 0.29) is 11.1 Å². The highest BCUT2D eigenvalue weighted by atomic mass is 32.1. The summed E-state index contributed by atoms with van der Waals surface area (Å²) in [7, 11) is 0. The fraction of sp³-hybridized carbons (Fsp3) is 0.455. The van der Waals surface area contributed by atoms with E-state index in [1.807, 2.05) is 0 Å². The average Bonchev–Trinajstić information content (AvgIpc) is 2.52. The Kier molecular flexibility index (Phi) is 2.08. The number of hydrogen-bond donors (Lipinski definition) is 2. The number of aromatic nitrogens is 2. The van der Waals surface area contributed by atoms with E-state index < -0.39 is 0 Å². The quantitative estimate of drug-likeness (QED) is 0.687. The second-order valence-electron chi connectivity index (χ2n) is 4.91. The van der Waals surface area contributed by atoms with Crippen molar-refractivity contribution in [1.29, 1.82) is 5.41 Å². The van der Waals surface area contributed by atoms with E-state index in [2.05, 4.69) is 18.8 Å². The molecule has 0 atom stereocenters. The first-order chi connectivity index (χ1) is 7.96. The van der Waals surface area contributed by atoms with Crippen LogP contribution in [0.2, 0.25) is 0 Å². The molecule has 17 heavy (non-hydrogen) atoms. The van der Waals surface area contributed by atoms with Gasteiger partial charge in [-0.3, -0.25) is 5.41 Å². The van der Waals surface area contributed by atoms with Gasteiger partial charge >= 0.3 is 0 Å². The van der Waals surface area contributed by atoms with Crippen molar-refractivity contribution in [2.75, 3.05) is 5.84 Å². The number of nitrogens with one attached hydrogen (secondary N) is 1. The summed E-state index contributed by atoms with van der Waals surface area (Å²) in [5, 5.41) is 7.84. The molecule has 6 heteroatoms.